The highest BCUT2D eigenvalue weighted by Gasteiger charge is 2.16. The SMILES string of the molecule is Cc1cc(Oc2ccc(NCc3cc(C(=O)O)c(O)c4ccccc34)cc2)cc(C)c1C. The summed E-state index contributed by atoms with van der Waals surface area (Å²) in [5.41, 5.74) is 5.22. The fourth-order valence-electron chi connectivity index (χ4n) is 3.77. The molecule has 4 aromatic rings. The minimum atomic E-state index is -1.16. The minimum absolute atomic E-state index is 0.104. The molecule has 0 radical (unpaired) electrons. The van der Waals surface area contributed by atoms with Crippen LogP contribution < -0.4 is 10.1 Å². The van der Waals surface area contributed by atoms with Crippen LogP contribution in [0.15, 0.2) is 66.7 Å². The van der Waals surface area contributed by atoms with Gasteiger partial charge in [0.2, 0.25) is 0 Å². The Labute approximate surface area is 186 Å². The van der Waals surface area contributed by atoms with E-state index in [0.29, 0.717) is 11.9 Å². The number of aromatic hydroxyl groups is 1. The fraction of sp³-hybridized carbons (Fsp3) is 0.148. The number of phenols is 1. The second kappa shape index (κ2) is 8.63. The van der Waals surface area contributed by atoms with Gasteiger partial charge in [-0.05, 0) is 90.9 Å². The van der Waals surface area contributed by atoms with E-state index in [-0.39, 0.29) is 11.3 Å². The Morgan fingerprint density at radius 1 is 0.875 bits per heavy atom. The predicted molar refractivity (Wildman–Crippen MR) is 127 cm³/mol. The molecule has 5 nitrogen and oxygen atoms in total. The van der Waals surface area contributed by atoms with Crippen molar-refractivity contribution in [3.63, 3.8) is 0 Å². The molecular formula is C27H25NO4. The van der Waals surface area contributed by atoms with Crippen molar-refractivity contribution in [2.45, 2.75) is 27.3 Å². The zero-order valence-electron chi connectivity index (χ0n) is 18.3. The Morgan fingerprint density at radius 3 is 2.12 bits per heavy atom. The van der Waals surface area contributed by atoms with Gasteiger partial charge in [0, 0.05) is 17.6 Å². The molecule has 0 aliphatic heterocycles. The van der Waals surface area contributed by atoms with E-state index in [1.54, 1.807) is 12.1 Å². The molecule has 0 heterocycles. The zero-order valence-corrected chi connectivity index (χ0v) is 18.3. The maximum absolute atomic E-state index is 11.5. The van der Waals surface area contributed by atoms with Crippen LogP contribution in [0.5, 0.6) is 17.2 Å². The Bertz CT molecular complexity index is 1290. The van der Waals surface area contributed by atoms with Crippen molar-refractivity contribution in [3.05, 3.63) is 94.5 Å². The highest BCUT2D eigenvalue weighted by atomic mass is 16.5. The van der Waals surface area contributed by atoms with Gasteiger partial charge in [0.05, 0.1) is 0 Å². The minimum Gasteiger partial charge on any atom is -0.506 e. The second-order valence-electron chi connectivity index (χ2n) is 7.94. The first kappa shape index (κ1) is 21.2. The molecule has 0 fully saturated rings. The van der Waals surface area contributed by atoms with Crippen LogP contribution >= 0.6 is 0 Å². The number of carboxylic acids is 1. The second-order valence-corrected chi connectivity index (χ2v) is 7.94. The van der Waals surface area contributed by atoms with Gasteiger partial charge in [0.15, 0.2) is 0 Å². The summed E-state index contributed by atoms with van der Waals surface area (Å²) in [6.45, 7) is 6.67. The molecule has 4 aromatic carbocycles. The van der Waals surface area contributed by atoms with E-state index < -0.39 is 5.97 Å². The molecule has 3 N–H and O–H groups in total. The van der Waals surface area contributed by atoms with Gasteiger partial charge in [-0.15, -0.1) is 0 Å². The summed E-state index contributed by atoms with van der Waals surface area (Å²) in [6, 6.07) is 20.5. The van der Waals surface area contributed by atoms with Gasteiger partial charge >= 0.3 is 5.97 Å². The van der Waals surface area contributed by atoms with Gasteiger partial charge in [-0.2, -0.15) is 0 Å². The normalized spacial score (nSPS) is 10.8. The van der Waals surface area contributed by atoms with Crippen LogP contribution in [0.3, 0.4) is 0 Å². The molecule has 4 rings (SSSR count). The van der Waals surface area contributed by atoms with E-state index in [9.17, 15) is 15.0 Å². The van der Waals surface area contributed by atoms with Crippen LogP contribution in [0.4, 0.5) is 5.69 Å². The third-order valence-corrected chi connectivity index (χ3v) is 5.81. The number of fused-ring (bicyclic) bond motifs is 1. The smallest absolute Gasteiger partial charge is 0.339 e. The van der Waals surface area contributed by atoms with Crippen LogP contribution in [-0.2, 0) is 6.54 Å². The number of aromatic carboxylic acids is 1. The Balaban J connectivity index is 1.52. The molecule has 5 heteroatoms. The first-order valence-corrected chi connectivity index (χ1v) is 10.4. The van der Waals surface area contributed by atoms with Crippen LogP contribution in [0.2, 0.25) is 0 Å². The highest BCUT2D eigenvalue weighted by molar-refractivity contribution is 6.01. The molecule has 162 valence electrons. The summed E-state index contributed by atoms with van der Waals surface area (Å²) < 4.78 is 6.00. The van der Waals surface area contributed by atoms with Crippen LogP contribution in [0.1, 0.15) is 32.6 Å². The summed E-state index contributed by atoms with van der Waals surface area (Å²) in [6.07, 6.45) is 0. The number of carbonyl (C=O) groups is 1. The van der Waals surface area contributed by atoms with Gasteiger partial charge in [-0.1, -0.05) is 24.3 Å². The number of anilines is 1. The highest BCUT2D eigenvalue weighted by Crippen LogP contribution is 2.32. The van der Waals surface area contributed by atoms with E-state index in [2.05, 4.69) is 26.1 Å². The monoisotopic (exact) mass is 427 g/mol. The predicted octanol–water partition coefficient (Wildman–Crippen LogP) is 6.57. The third kappa shape index (κ3) is 4.23. The molecule has 32 heavy (non-hydrogen) atoms. The number of nitrogens with one attached hydrogen (secondary N) is 1. The van der Waals surface area contributed by atoms with E-state index >= 15 is 0 Å². The molecule has 0 saturated carbocycles. The summed E-state index contributed by atoms with van der Waals surface area (Å²) in [4.78, 5) is 11.5. The number of aryl methyl sites for hydroxylation is 2. The lowest BCUT2D eigenvalue weighted by Crippen LogP contribution is -2.04. The molecule has 0 unspecified atom stereocenters. The molecule has 0 aliphatic carbocycles. The van der Waals surface area contributed by atoms with Gasteiger partial charge in [-0.25, -0.2) is 4.79 Å². The lowest BCUT2D eigenvalue weighted by Gasteiger charge is -2.14. The Morgan fingerprint density at radius 2 is 1.50 bits per heavy atom. The summed E-state index contributed by atoms with van der Waals surface area (Å²) in [5.74, 6) is 0.182. The van der Waals surface area contributed by atoms with Gasteiger partial charge < -0.3 is 20.3 Å². The molecule has 0 atom stereocenters. The average molecular weight is 428 g/mol. The quantitative estimate of drug-likeness (QED) is 0.324. The average Bonchev–Trinajstić information content (AvgIpc) is 2.78. The van der Waals surface area contributed by atoms with Crippen LogP contribution in [0, 0.1) is 20.8 Å². The number of rotatable bonds is 6. The lowest BCUT2D eigenvalue weighted by molar-refractivity contribution is 0.0694. The largest absolute Gasteiger partial charge is 0.506 e. The summed E-state index contributed by atoms with van der Waals surface area (Å²) >= 11 is 0. The lowest BCUT2D eigenvalue weighted by atomic mass is 9.99. The van der Waals surface area contributed by atoms with Gasteiger partial charge in [0.25, 0.3) is 0 Å². The fourth-order valence-corrected chi connectivity index (χ4v) is 3.77. The van der Waals surface area contributed by atoms with E-state index in [1.807, 2.05) is 48.5 Å². The maximum Gasteiger partial charge on any atom is 0.339 e. The molecule has 0 aromatic heterocycles. The summed E-state index contributed by atoms with van der Waals surface area (Å²) in [5, 5.41) is 24.4. The zero-order chi connectivity index (χ0) is 22.8. The van der Waals surface area contributed by atoms with E-state index in [0.717, 1.165) is 28.1 Å². The number of hydrogen-bond acceptors (Lipinski definition) is 4. The van der Waals surface area contributed by atoms with Crippen molar-refractivity contribution in [2.75, 3.05) is 5.32 Å². The molecular weight excluding hydrogens is 402 g/mol. The third-order valence-electron chi connectivity index (χ3n) is 5.81. The number of ether oxygens (including phenoxy) is 1. The molecule has 0 saturated heterocycles. The number of carboxylic acid groups (broad SMARTS) is 1. The van der Waals surface area contributed by atoms with Crippen molar-refractivity contribution in [2.24, 2.45) is 0 Å². The van der Waals surface area contributed by atoms with Gasteiger partial charge in [0.1, 0.15) is 22.8 Å². The Kier molecular flexibility index (Phi) is 5.73. The standard InChI is InChI=1S/C27H25NO4/c1-16-12-22(13-17(2)18(16)3)32-21-10-8-20(9-11-21)28-15-19-14-25(27(30)31)26(29)24-7-5-4-6-23(19)24/h4-14,28-29H,15H2,1-3H3,(H,30,31). The number of hydrogen-bond donors (Lipinski definition) is 3. The summed E-state index contributed by atoms with van der Waals surface area (Å²) in [7, 11) is 0. The maximum atomic E-state index is 11.5. The number of benzene rings is 4. The van der Waals surface area contributed by atoms with E-state index in [4.69, 9.17) is 4.74 Å². The van der Waals surface area contributed by atoms with Gasteiger partial charge in [-0.3, -0.25) is 0 Å². The van der Waals surface area contributed by atoms with Crippen LogP contribution in [0.25, 0.3) is 10.8 Å². The molecule has 0 bridgehead atoms. The molecule has 0 amide bonds. The first-order chi connectivity index (χ1) is 15.3. The van der Waals surface area contributed by atoms with E-state index in [1.165, 1.54) is 22.8 Å². The first-order valence-electron chi connectivity index (χ1n) is 10.4. The Hall–Kier alpha value is -3.99. The van der Waals surface area contributed by atoms with Crippen molar-refractivity contribution < 1.29 is 19.7 Å². The topological polar surface area (TPSA) is 78.8 Å². The van der Waals surface area contributed by atoms with Crippen molar-refractivity contribution in [3.8, 4) is 17.2 Å². The van der Waals surface area contributed by atoms with Crippen molar-refractivity contribution in [1.82, 2.24) is 0 Å². The molecule has 0 spiro atoms. The molecule has 0 aliphatic rings. The van der Waals surface area contributed by atoms with Crippen LogP contribution in [-0.4, -0.2) is 16.2 Å². The van der Waals surface area contributed by atoms with Crippen molar-refractivity contribution in [1.29, 1.82) is 0 Å². The van der Waals surface area contributed by atoms with Crippen molar-refractivity contribution >= 4 is 22.4 Å².